The lowest BCUT2D eigenvalue weighted by molar-refractivity contribution is -0.133. The van der Waals surface area contributed by atoms with Gasteiger partial charge in [-0.1, -0.05) is 0 Å². The van der Waals surface area contributed by atoms with Crippen molar-refractivity contribution in [2.75, 3.05) is 19.6 Å². The Labute approximate surface area is 139 Å². The number of likely N-dealkylation sites (tertiary alicyclic amines) is 1. The zero-order chi connectivity index (χ0) is 15.8. The van der Waals surface area contributed by atoms with Crippen molar-refractivity contribution in [3.8, 4) is 0 Å². The summed E-state index contributed by atoms with van der Waals surface area (Å²) in [7, 11) is 0. The summed E-state index contributed by atoms with van der Waals surface area (Å²) in [5, 5.41) is 12.6. The van der Waals surface area contributed by atoms with Crippen molar-refractivity contribution < 1.29 is 4.79 Å². The number of hydrogen-bond acceptors (Lipinski definition) is 5. The van der Waals surface area contributed by atoms with Crippen molar-refractivity contribution in [2.24, 2.45) is 0 Å². The van der Waals surface area contributed by atoms with E-state index in [-0.39, 0.29) is 11.9 Å². The SMILES string of the molecule is Cc1nnc2n1CCN(CC(=O)N1CCC[C@H]1c1ccsc1)C2. The summed E-state index contributed by atoms with van der Waals surface area (Å²) in [6.07, 6.45) is 2.18. The van der Waals surface area contributed by atoms with Gasteiger partial charge in [-0.05, 0) is 42.2 Å². The monoisotopic (exact) mass is 331 g/mol. The summed E-state index contributed by atoms with van der Waals surface area (Å²) in [4.78, 5) is 17.0. The molecule has 0 spiro atoms. The third-order valence-corrected chi connectivity index (χ3v) is 5.58. The average molecular weight is 331 g/mol. The van der Waals surface area contributed by atoms with E-state index in [4.69, 9.17) is 0 Å². The van der Waals surface area contributed by atoms with Crippen LogP contribution < -0.4 is 0 Å². The van der Waals surface area contributed by atoms with E-state index >= 15 is 0 Å². The number of fused-ring (bicyclic) bond motifs is 1. The van der Waals surface area contributed by atoms with Gasteiger partial charge in [-0.2, -0.15) is 11.3 Å². The van der Waals surface area contributed by atoms with Gasteiger partial charge in [0.05, 0.1) is 19.1 Å². The van der Waals surface area contributed by atoms with Crippen LogP contribution in [0.25, 0.3) is 0 Å². The molecule has 0 aliphatic carbocycles. The molecule has 6 nitrogen and oxygen atoms in total. The number of rotatable bonds is 3. The molecule has 2 aliphatic rings. The minimum atomic E-state index is 0.239. The van der Waals surface area contributed by atoms with Gasteiger partial charge in [0.25, 0.3) is 0 Å². The maximum Gasteiger partial charge on any atom is 0.237 e. The van der Waals surface area contributed by atoms with Gasteiger partial charge in [-0.15, -0.1) is 10.2 Å². The fraction of sp³-hybridized carbons (Fsp3) is 0.562. The third kappa shape index (κ3) is 2.79. The van der Waals surface area contributed by atoms with Crippen LogP contribution in [0.1, 0.15) is 36.1 Å². The zero-order valence-corrected chi connectivity index (χ0v) is 14.1. The van der Waals surface area contributed by atoms with Crippen LogP contribution in [-0.4, -0.2) is 50.1 Å². The molecule has 0 N–H and O–H groups in total. The highest BCUT2D eigenvalue weighted by Crippen LogP contribution is 2.33. The van der Waals surface area contributed by atoms with Crippen molar-refractivity contribution in [1.29, 1.82) is 0 Å². The Kier molecular flexibility index (Phi) is 3.90. The molecule has 0 unspecified atom stereocenters. The molecule has 2 aromatic heterocycles. The van der Waals surface area contributed by atoms with Crippen molar-refractivity contribution in [2.45, 2.75) is 38.9 Å². The molecule has 0 radical (unpaired) electrons. The molecule has 122 valence electrons. The Balaban J connectivity index is 1.42. The first-order chi connectivity index (χ1) is 11.2. The van der Waals surface area contributed by atoms with Crippen LogP contribution >= 0.6 is 11.3 Å². The topological polar surface area (TPSA) is 54.3 Å². The molecule has 0 bridgehead atoms. The fourth-order valence-electron chi connectivity index (χ4n) is 3.65. The Morgan fingerprint density at radius 2 is 2.26 bits per heavy atom. The largest absolute Gasteiger partial charge is 0.335 e. The van der Waals surface area contributed by atoms with Crippen LogP contribution in [0.15, 0.2) is 16.8 Å². The predicted molar refractivity (Wildman–Crippen MR) is 88.0 cm³/mol. The maximum absolute atomic E-state index is 12.8. The van der Waals surface area contributed by atoms with Gasteiger partial charge >= 0.3 is 0 Å². The van der Waals surface area contributed by atoms with E-state index in [2.05, 4.69) is 41.4 Å². The Hall–Kier alpha value is -1.73. The van der Waals surface area contributed by atoms with Crippen LogP contribution in [0, 0.1) is 6.92 Å². The molecule has 2 aliphatic heterocycles. The van der Waals surface area contributed by atoms with Crippen molar-refractivity contribution >= 4 is 17.2 Å². The predicted octanol–water partition coefficient (Wildman–Crippen LogP) is 1.83. The Morgan fingerprint density at radius 3 is 3.09 bits per heavy atom. The first-order valence-corrected chi connectivity index (χ1v) is 9.09. The van der Waals surface area contributed by atoms with Gasteiger partial charge in [0, 0.05) is 19.6 Å². The Bertz CT molecular complexity index is 695. The summed E-state index contributed by atoms with van der Waals surface area (Å²) in [6, 6.07) is 2.41. The number of thiophene rings is 1. The number of nitrogens with zero attached hydrogens (tertiary/aromatic N) is 5. The van der Waals surface area contributed by atoms with Gasteiger partial charge < -0.3 is 9.47 Å². The molecular weight excluding hydrogens is 310 g/mol. The minimum absolute atomic E-state index is 0.239. The fourth-order valence-corrected chi connectivity index (χ4v) is 4.35. The van der Waals surface area contributed by atoms with Gasteiger partial charge in [-0.3, -0.25) is 9.69 Å². The van der Waals surface area contributed by atoms with Crippen molar-refractivity contribution in [3.05, 3.63) is 34.0 Å². The van der Waals surface area contributed by atoms with E-state index in [1.165, 1.54) is 5.56 Å². The second-order valence-corrected chi connectivity index (χ2v) is 7.11. The molecule has 4 rings (SSSR count). The number of aromatic nitrogens is 3. The summed E-state index contributed by atoms with van der Waals surface area (Å²) >= 11 is 1.70. The van der Waals surface area contributed by atoms with E-state index in [0.717, 1.165) is 44.1 Å². The molecule has 2 aromatic rings. The third-order valence-electron chi connectivity index (χ3n) is 4.88. The van der Waals surface area contributed by atoms with Crippen LogP contribution in [0.5, 0.6) is 0 Å². The van der Waals surface area contributed by atoms with E-state index in [9.17, 15) is 4.79 Å². The minimum Gasteiger partial charge on any atom is -0.335 e. The highest BCUT2D eigenvalue weighted by molar-refractivity contribution is 7.07. The van der Waals surface area contributed by atoms with Gasteiger partial charge in [-0.25, -0.2) is 0 Å². The summed E-state index contributed by atoms with van der Waals surface area (Å²) < 4.78 is 2.14. The lowest BCUT2D eigenvalue weighted by Gasteiger charge is -2.30. The summed E-state index contributed by atoms with van der Waals surface area (Å²) in [5.41, 5.74) is 1.29. The van der Waals surface area contributed by atoms with Crippen LogP contribution in [0.3, 0.4) is 0 Å². The number of aryl methyl sites for hydroxylation is 1. The summed E-state index contributed by atoms with van der Waals surface area (Å²) in [6.45, 7) is 5.80. The van der Waals surface area contributed by atoms with Crippen LogP contribution in [0.2, 0.25) is 0 Å². The van der Waals surface area contributed by atoms with E-state index < -0.39 is 0 Å². The first-order valence-electron chi connectivity index (χ1n) is 8.15. The molecule has 7 heteroatoms. The normalized spacial score (nSPS) is 21.6. The molecule has 4 heterocycles. The molecule has 1 amide bonds. The number of hydrogen-bond donors (Lipinski definition) is 0. The standard InChI is InChI=1S/C16H21N5OS/c1-12-17-18-15-9-19(6-7-20(12)15)10-16(22)21-5-2-3-14(21)13-4-8-23-11-13/h4,8,11,14H,2-3,5-7,9-10H2,1H3/t14-/m0/s1. The van der Waals surface area contributed by atoms with Crippen molar-refractivity contribution in [3.63, 3.8) is 0 Å². The van der Waals surface area contributed by atoms with Gasteiger partial charge in [0.1, 0.15) is 11.6 Å². The average Bonchev–Trinajstić information content (AvgIpc) is 3.27. The molecule has 1 fully saturated rings. The molecule has 1 saturated heterocycles. The highest BCUT2D eigenvalue weighted by atomic mass is 32.1. The molecule has 1 atom stereocenters. The first kappa shape index (κ1) is 14.8. The smallest absolute Gasteiger partial charge is 0.237 e. The quantitative estimate of drug-likeness (QED) is 0.861. The summed E-state index contributed by atoms with van der Waals surface area (Å²) in [5.74, 6) is 2.17. The zero-order valence-electron chi connectivity index (χ0n) is 13.3. The van der Waals surface area contributed by atoms with Gasteiger partial charge in [0.15, 0.2) is 0 Å². The molecule has 23 heavy (non-hydrogen) atoms. The number of carbonyl (C=O) groups is 1. The number of carbonyl (C=O) groups excluding carboxylic acids is 1. The van der Waals surface area contributed by atoms with E-state index in [1.54, 1.807) is 11.3 Å². The maximum atomic E-state index is 12.8. The van der Waals surface area contributed by atoms with E-state index in [1.807, 2.05) is 6.92 Å². The lowest BCUT2D eigenvalue weighted by Crippen LogP contribution is -2.43. The second kappa shape index (κ2) is 6.05. The molecular formula is C16H21N5OS. The molecule has 0 aromatic carbocycles. The molecule has 0 saturated carbocycles. The second-order valence-electron chi connectivity index (χ2n) is 6.33. The Morgan fingerprint density at radius 1 is 1.35 bits per heavy atom. The van der Waals surface area contributed by atoms with Gasteiger partial charge in [0.2, 0.25) is 5.91 Å². The van der Waals surface area contributed by atoms with Crippen LogP contribution in [0.4, 0.5) is 0 Å². The number of amides is 1. The van der Waals surface area contributed by atoms with E-state index in [0.29, 0.717) is 13.1 Å². The van der Waals surface area contributed by atoms with Crippen molar-refractivity contribution in [1.82, 2.24) is 24.6 Å². The highest BCUT2D eigenvalue weighted by Gasteiger charge is 2.31. The van der Waals surface area contributed by atoms with Crippen LogP contribution in [-0.2, 0) is 17.9 Å². The lowest BCUT2D eigenvalue weighted by atomic mass is 10.1.